The Morgan fingerprint density at radius 1 is 1.39 bits per heavy atom. The highest BCUT2D eigenvalue weighted by Gasteiger charge is 2.27. The maximum Gasteiger partial charge on any atom is 0.255 e. The number of carbonyl (C=O) groups excluding carboxylic acids is 1. The molecule has 0 saturated carbocycles. The predicted molar refractivity (Wildman–Crippen MR) is 70.0 cm³/mol. The largest absolute Gasteiger partial charge is 0.372 e. The van der Waals surface area contributed by atoms with Crippen LogP contribution in [0.5, 0.6) is 0 Å². The van der Waals surface area contributed by atoms with Gasteiger partial charge in [-0.1, -0.05) is 0 Å². The van der Waals surface area contributed by atoms with Gasteiger partial charge < -0.3 is 9.64 Å². The number of hydrogen-bond acceptors (Lipinski definition) is 2. The van der Waals surface area contributed by atoms with Crippen LogP contribution in [0.15, 0.2) is 22.7 Å². The van der Waals surface area contributed by atoms with E-state index in [0.717, 1.165) is 0 Å². The molecule has 1 aliphatic rings. The summed E-state index contributed by atoms with van der Waals surface area (Å²) in [4.78, 5) is 14.1. The van der Waals surface area contributed by atoms with Gasteiger partial charge in [0.25, 0.3) is 5.91 Å². The van der Waals surface area contributed by atoms with Crippen molar-refractivity contribution < 1.29 is 13.9 Å². The Balaban J connectivity index is 2.20. The van der Waals surface area contributed by atoms with E-state index in [1.807, 2.05) is 13.8 Å². The van der Waals surface area contributed by atoms with E-state index in [9.17, 15) is 9.18 Å². The standard InChI is InChI=1S/C13H15BrFNO2/c1-8-6-16(7-9(2)18-8)13(17)11-4-3-10(15)5-12(11)14/h3-5,8-9H,6-7H2,1-2H3. The smallest absolute Gasteiger partial charge is 0.255 e. The molecule has 0 bridgehead atoms. The first-order valence-electron chi connectivity index (χ1n) is 5.87. The number of halogens is 2. The van der Waals surface area contributed by atoms with Gasteiger partial charge in [0.15, 0.2) is 0 Å². The fourth-order valence-electron chi connectivity index (χ4n) is 2.18. The number of nitrogens with zero attached hydrogens (tertiary/aromatic N) is 1. The van der Waals surface area contributed by atoms with Crippen molar-refractivity contribution in [3.8, 4) is 0 Å². The molecule has 1 heterocycles. The molecular formula is C13H15BrFNO2. The first kappa shape index (κ1) is 13.5. The number of ether oxygens (including phenoxy) is 1. The molecule has 0 radical (unpaired) electrons. The van der Waals surface area contributed by atoms with Crippen LogP contribution in [0.2, 0.25) is 0 Å². The van der Waals surface area contributed by atoms with Crippen LogP contribution in [-0.2, 0) is 4.74 Å². The fourth-order valence-corrected chi connectivity index (χ4v) is 2.70. The Morgan fingerprint density at radius 2 is 2.00 bits per heavy atom. The van der Waals surface area contributed by atoms with E-state index < -0.39 is 0 Å². The van der Waals surface area contributed by atoms with Gasteiger partial charge in [0.1, 0.15) is 5.82 Å². The summed E-state index contributed by atoms with van der Waals surface area (Å²) in [5.74, 6) is -0.453. The summed E-state index contributed by atoms with van der Waals surface area (Å²) in [7, 11) is 0. The average molecular weight is 316 g/mol. The highest BCUT2D eigenvalue weighted by molar-refractivity contribution is 9.10. The summed E-state index contributed by atoms with van der Waals surface area (Å²) in [5, 5.41) is 0. The Hall–Kier alpha value is -0.940. The van der Waals surface area contributed by atoms with Gasteiger partial charge in [-0.2, -0.15) is 0 Å². The van der Waals surface area contributed by atoms with Crippen molar-refractivity contribution in [1.82, 2.24) is 4.90 Å². The molecule has 1 amide bonds. The number of rotatable bonds is 1. The van der Waals surface area contributed by atoms with Crippen molar-refractivity contribution in [1.29, 1.82) is 0 Å². The Kier molecular flexibility index (Phi) is 4.02. The molecule has 2 atom stereocenters. The summed E-state index contributed by atoms with van der Waals surface area (Å²) < 4.78 is 19.1. The molecule has 1 fully saturated rings. The van der Waals surface area contributed by atoms with Gasteiger partial charge in [-0.05, 0) is 48.0 Å². The van der Waals surface area contributed by atoms with Crippen LogP contribution in [0.25, 0.3) is 0 Å². The minimum absolute atomic E-state index is 0.0249. The zero-order valence-electron chi connectivity index (χ0n) is 10.3. The van der Waals surface area contributed by atoms with Gasteiger partial charge in [-0.3, -0.25) is 4.79 Å². The third kappa shape index (κ3) is 2.90. The molecule has 98 valence electrons. The molecule has 1 aromatic rings. The Labute approximate surface area is 114 Å². The number of benzene rings is 1. The monoisotopic (exact) mass is 315 g/mol. The average Bonchev–Trinajstić information content (AvgIpc) is 2.26. The highest BCUT2D eigenvalue weighted by atomic mass is 79.9. The predicted octanol–water partition coefficient (Wildman–Crippen LogP) is 2.84. The lowest BCUT2D eigenvalue weighted by molar-refractivity contribution is -0.0586. The van der Waals surface area contributed by atoms with E-state index in [-0.39, 0.29) is 23.9 Å². The van der Waals surface area contributed by atoms with Crippen molar-refractivity contribution in [3.05, 3.63) is 34.1 Å². The topological polar surface area (TPSA) is 29.5 Å². The van der Waals surface area contributed by atoms with Gasteiger partial charge >= 0.3 is 0 Å². The number of hydrogen-bond donors (Lipinski definition) is 0. The second-order valence-corrected chi connectivity index (χ2v) is 5.45. The summed E-state index contributed by atoms with van der Waals surface area (Å²) in [6, 6.07) is 4.11. The third-order valence-corrected chi connectivity index (χ3v) is 3.52. The van der Waals surface area contributed by atoms with E-state index in [0.29, 0.717) is 23.1 Å². The Morgan fingerprint density at radius 3 is 2.56 bits per heavy atom. The van der Waals surface area contributed by atoms with Crippen LogP contribution in [-0.4, -0.2) is 36.1 Å². The molecule has 18 heavy (non-hydrogen) atoms. The molecule has 1 saturated heterocycles. The molecule has 1 aromatic carbocycles. The van der Waals surface area contributed by atoms with Gasteiger partial charge in [0.2, 0.25) is 0 Å². The van der Waals surface area contributed by atoms with Gasteiger partial charge in [-0.15, -0.1) is 0 Å². The number of amides is 1. The first-order chi connectivity index (χ1) is 8.47. The molecule has 1 aliphatic heterocycles. The van der Waals surface area contributed by atoms with Crippen LogP contribution in [0.4, 0.5) is 4.39 Å². The van der Waals surface area contributed by atoms with Crippen molar-refractivity contribution in [2.24, 2.45) is 0 Å². The zero-order valence-corrected chi connectivity index (χ0v) is 11.9. The fraction of sp³-hybridized carbons (Fsp3) is 0.462. The van der Waals surface area contributed by atoms with Gasteiger partial charge in [-0.25, -0.2) is 4.39 Å². The molecule has 0 aromatic heterocycles. The normalized spacial score (nSPS) is 24.1. The summed E-state index contributed by atoms with van der Waals surface area (Å²) in [6.45, 7) is 5.01. The molecule has 3 nitrogen and oxygen atoms in total. The molecule has 2 rings (SSSR count). The quantitative estimate of drug-likeness (QED) is 0.797. The lowest BCUT2D eigenvalue weighted by atomic mass is 10.1. The van der Waals surface area contributed by atoms with Crippen molar-refractivity contribution >= 4 is 21.8 Å². The van der Waals surface area contributed by atoms with Crippen molar-refractivity contribution in [3.63, 3.8) is 0 Å². The summed E-state index contributed by atoms with van der Waals surface area (Å²) >= 11 is 3.23. The van der Waals surface area contributed by atoms with Gasteiger partial charge in [0, 0.05) is 17.6 Å². The minimum atomic E-state index is -0.359. The van der Waals surface area contributed by atoms with Crippen LogP contribution in [0.3, 0.4) is 0 Å². The van der Waals surface area contributed by atoms with E-state index in [1.165, 1.54) is 18.2 Å². The lowest BCUT2D eigenvalue weighted by Crippen LogP contribution is -2.48. The molecular weight excluding hydrogens is 301 g/mol. The summed E-state index contributed by atoms with van der Waals surface area (Å²) in [6.07, 6.45) is 0.0499. The molecule has 5 heteroatoms. The zero-order chi connectivity index (χ0) is 13.3. The molecule has 0 N–H and O–H groups in total. The van der Waals surface area contributed by atoms with Crippen molar-refractivity contribution in [2.45, 2.75) is 26.1 Å². The third-order valence-electron chi connectivity index (χ3n) is 2.87. The highest BCUT2D eigenvalue weighted by Crippen LogP contribution is 2.21. The van der Waals surface area contributed by atoms with E-state index >= 15 is 0 Å². The van der Waals surface area contributed by atoms with Crippen LogP contribution in [0.1, 0.15) is 24.2 Å². The first-order valence-corrected chi connectivity index (χ1v) is 6.66. The summed E-state index contributed by atoms with van der Waals surface area (Å²) in [5.41, 5.74) is 0.484. The van der Waals surface area contributed by atoms with Crippen LogP contribution >= 0.6 is 15.9 Å². The van der Waals surface area contributed by atoms with Crippen molar-refractivity contribution in [2.75, 3.05) is 13.1 Å². The molecule has 2 unspecified atom stereocenters. The SMILES string of the molecule is CC1CN(C(=O)c2ccc(F)cc2Br)CC(C)O1. The lowest BCUT2D eigenvalue weighted by Gasteiger charge is -2.35. The van der Waals surface area contributed by atoms with Crippen LogP contribution in [0, 0.1) is 5.82 Å². The minimum Gasteiger partial charge on any atom is -0.372 e. The molecule has 0 aliphatic carbocycles. The molecule has 0 spiro atoms. The maximum absolute atomic E-state index is 13.0. The van der Waals surface area contributed by atoms with E-state index in [4.69, 9.17) is 4.74 Å². The van der Waals surface area contributed by atoms with Crippen LogP contribution < -0.4 is 0 Å². The van der Waals surface area contributed by atoms with Gasteiger partial charge in [0.05, 0.1) is 17.8 Å². The number of morpholine rings is 1. The van der Waals surface area contributed by atoms with E-state index in [1.54, 1.807) is 4.90 Å². The second kappa shape index (κ2) is 5.36. The maximum atomic E-state index is 13.0. The Bertz CT molecular complexity index is 456. The van der Waals surface area contributed by atoms with E-state index in [2.05, 4.69) is 15.9 Å². The number of carbonyl (C=O) groups is 1. The second-order valence-electron chi connectivity index (χ2n) is 4.59.